The molecule has 2 aliphatic rings. The molecule has 6 heteroatoms. The quantitative estimate of drug-likeness (QED) is 0.730. The Morgan fingerprint density at radius 1 is 1.41 bits per heavy atom. The minimum atomic E-state index is -0.248. The number of amides is 1. The van der Waals surface area contributed by atoms with Gasteiger partial charge in [-0.05, 0) is 61.4 Å². The fourth-order valence-corrected chi connectivity index (χ4v) is 4.03. The fourth-order valence-electron chi connectivity index (χ4n) is 4.03. The maximum Gasteiger partial charge on any atom is 0.220 e. The second-order valence-corrected chi connectivity index (χ2v) is 7.82. The number of nitrogens with zero attached hydrogens (tertiary/aromatic N) is 1. The van der Waals surface area contributed by atoms with Gasteiger partial charge in [-0.2, -0.15) is 5.10 Å². The number of H-pyrrole nitrogens is 1. The van der Waals surface area contributed by atoms with Gasteiger partial charge in [0, 0.05) is 25.0 Å². The predicted octanol–water partition coefficient (Wildman–Crippen LogP) is 2.52. The van der Waals surface area contributed by atoms with Crippen molar-refractivity contribution >= 4 is 5.91 Å². The van der Waals surface area contributed by atoms with Crippen molar-refractivity contribution in [3.8, 4) is 5.75 Å². The molecule has 0 spiro atoms. The van der Waals surface area contributed by atoms with Crippen molar-refractivity contribution in [3.05, 3.63) is 46.3 Å². The Balaban J connectivity index is 1.44. The Morgan fingerprint density at radius 3 is 2.93 bits per heavy atom. The van der Waals surface area contributed by atoms with E-state index >= 15 is 0 Å². The van der Waals surface area contributed by atoms with Crippen LogP contribution >= 0.6 is 0 Å². The highest BCUT2D eigenvalue weighted by atomic mass is 16.5. The lowest BCUT2D eigenvalue weighted by Crippen LogP contribution is -2.41. The number of carbonyl (C=O) groups excluding carboxylic acids is 1. The van der Waals surface area contributed by atoms with E-state index in [2.05, 4.69) is 21.6 Å². The molecular formula is C21H27N3O3. The van der Waals surface area contributed by atoms with Crippen LogP contribution in [0.25, 0.3) is 0 Å². The molecule has 1 aromatic carbocycles. The molecule has 1 aromatic heterocycles. The molecule has 144 valence electrons. The van der Waals surface area contributed by atoms with E-state index in [1.807, 2.05) is 26.0 Å². The van der Waals surface area contributed by atoms with E-state index < -0.39 is 0 Å². The zero-order chi connectivity index (χ0) is 19.0. The average molecular weight is 369 g/mol. The molecule has 1 saturated carbocycles. The molecule has 6 nitrogen and oxygen atoms in total. The number of aromatic amines is 1. The number of benzene rings is 1. The summed E-state index contributed by atoms with van der Waals surface area (Å²) in [6.07, 6.45) is 3.16. The third-order valence-electron chi connectivity index (χ3n) is 5.95. The van der Waals surface area contributed by atoms with Crippen LogP contribution in [0.2, 0.25) is 0 Å². The zero-order valence-corrected chi connectivity index (χ0v) is 15.9. The summed E-state index contributed by atoms with van der Waals surface area (Å²) < 4.78 is 5.60. The Labute approximate surface area is 159 Å². The van der Waals surface area contributed by atoms with E-state index in [-0.39, 0.29) is 24.0 Å². The van der Waals surface area contributed by atoms with Crippen LogP contribution in [-0.2, 0) is 17.6 Å². The van der Waals surface area contributed by atoms with Gasteiger partial charge < -0.3 is 15.2 Å². The molecule has 1 aliphatic carbocycles. The number of fused-ring (bicyclic) bond motifs is 1. The summed E-state index contributed by atoms with van der Waals surface area (Å²) in [5.74, 6) is 1.25. The van der Waals surface area contributed by atoms with Crippen LogP contribution in [0, 0.1) is 19.8 Å². The SMILES string of the molecule is Cc1[nH]nc(CCC(=O)N[C@@H](c2ccc3c(c2)CCO3)C2CC(O)C2)c1C. The Morgan fingerprint density at radius 2 is 2.22 bits per heavy atom. The topological polar surface area (TPSA) is 87.2 Å². The van der Waals surface area contributed by atoms with Crippen LogP contribution in [0.3, 0.4) is 0 Å². The highest BCUT2D eigenvalue weighted by Crippen LogP contribution is 2.39. The van der Waals surface area contributed by atoms with Crippen LogP contribution in [0.15, 0.2) is 18.2 Å². The van der Waals surface area contributed by atoms with Crippen LogP contribution < -0.4 is 10.1 Å². The Hall–Kier alpha value is -2.34. The minimum absolute atomic E-state index is 0.0261. The number of rotatable bonds is 6. The normalized spacial score (nSPS) is 21.9. The second-order valence-electron chi connectivity index (χ2n) is 7.82. The van der Waals surface area contributed by atoms with Gasteiger partial charge in [-0.15, -0.1) is 0 Å². The Bertz CT molecular complexity index is 839. The molecule has 4 rings (SSSR count). The lowest BCUT2D eigenvalue weighted by Gasteiger charge is -2.38. The predicted molar refractivity (Wildman–Crippen MR) is 102 cm³/mol. The van der Waals surface area contributed by atoms with Crippen molar-refractivity contribution in [2.75, 3.05) is 6.61 Å². The lowest BCUT2D eigenvalue weighted by molar-refractivity contribution is -0.123. The summed E-state index contributed by atoms with van der Waals surface area (Å²) in [6, 6.07) is 6.14. The maximum absolute atomic E-state index is 12.6. The highest BCUT2D eigenvalue weighted by Gasteiger charge is 2.36. The molecule has 0 bridgehead atoms. The van der Waals surface area contributed by atoms with Crippen LogP contribution in [0.5, 0.6) is 5.75 Å². The number of hydrogen-bond donors (Lipinski definition) is 3. The van der Waals surface area contributed by atoms with E-state index in [1.54, 1.807) is 0 Å². The molecule has 3 N–H and O–H groups in total. The zero-order valence-electron chi connectivity index (χ0n) is 15.9. The van der Waals surface area contributed by atoms with Gasteiger partial charge in [-0.1, -0.05) is 6.07 Å². The first-order valence-corrected chi connectivity index (χ1v) is 9.74. The maximum atomic E-state index is 12.6. The van der Waals surface area contributed by atoms with E-state index in [4.69, 9.17) is 4.74 Å². The van der Waals surface area contributed by atoms with E-state index in [0.29, 0.717) is 12.8 Å². The number of aromatic nitrogens is 2. The first kappa shape index (κ1) is 18.0. The van der Waals surface area contributed by atoms with Crippen molar-refractivity contribution in [1.29, 1.82) is 0 Å². The van der Waals surface area contributed by atoms with Crippen molar-refractivity contribution in [2.24, 2.45) is 5.92 Å². The second kappa shape index (κ2) is 7.35. The smallest absolute Gasteiger partial charge is 0.220 e. The van der Waals surface area contributed by atoms with E-state index in [0.717, 1.165) is 54.1 Å². The van der Waals surface area contributed by atoms with Gasteiger partial charge in [0.15, 0.2) is 0 Å². The van der Waals surface area contributed by atoms with Gasteiger partial charge in [0.1, 0.15) is 5.75 Å². The molecule has 2 heterocycles. The molecule has 1 atom stereocenters. The first-order valence-electron chi connectivity index (χ1n) is 9.74. The summed E-state index contributed by atoms with van der Waals surface area (Å²) in [7, 11) is 0. The number of ether oxygens (including phenoxy) is 1. The van der Waals surface area contributed by atoms with E-state index in [1.165, 1.54) is 5.56 Å². The standard InChI is InChI=1S/C21H27N3O3/c1-12-13(2)23-24-18(12)4-6-20(26)22-21(16-10-17(25)11-16)15-3-5-19-14(9-15)7-8-27-19/h3,5,9,16-17,21,25H,4,6-8,10-11H2,1-2H3,(H,22,26)(H,23,24)/t16?,17?,21-/m0/s1. The van der Waals surface area contributed by atoms with Gasteiger partial charge in [-0.25, -0.2) is 0 Å². The van der Waals surface area contributed by atoms with Gasteiger partial charge in [0.2, 0.25) is 5.91 Å². The molecule has 0 saturated heterocycles. The monoisotopic (exact) mass is 369 g/mol. The van der Waals surface area contributed by atoms with Crippen molar-refractivity contribution in [1.82, 2.24) is 15.5 Å². The van der Waals surface area contributed by atoms with Gasteiger partial charge in [0.25, 0.3) is 0 Å². The van der Waals surface area contributed by atoms with Crippen molar-refractivity contribution in [2.45, 2.75) is 58.1 Å². The van der Waals surface area contributed by atoms with Crippen molar-refractivity contribution < 1.29 is 14.6 Å². The summed E-state index contributed by atoms with van der Waals surface area (Å²) in [5.41, 5.74) is 5.44. The van der Waals surface area contributed by atoms with Crippen LogP contribution in [-0.4, -0.2) is 33.9 Å². The van der Waals surface area contributed by atoms with Gasteiger partial charge >= 0.3 is 0 Å². The summed E-state index contributed by atoms with van der Waals surface area (Å²) in [6.45, 7) is 4.74. The molecular weight excluding hydrogens is 342 g/mol. The first-order chi connectivity index (χ1) is 13.0. The molecule has 0 unspecified atom stereocenters. The largest absolute Gasteiger partial charge is 0.493 e. The number of carbonyl (C=O) groups is 1. The van der Waals surface area contributed by atoms with Crippen LogP contribution in [0.1, 0.15) is 53.4 Å². The summed E-state index contributed by atoms with van der Waals surface area (Å²) in [5, 5.41) is 20.2. The minimum Gasteiger partial charge on any atom is -0.493 e. The highest BCUT2D eigenvalue weighted by molar-refractivity contribution is 5.76. The van der Waals surface area contributed by atoms with Gasteiger partial charge in [-0.3, -0.25) is 9.89 Å². The molecule has 2 aromatic rings. The summed E-state index contributed by atoms with van der Waals surface area (Å²) in [4.78, 5) is 12.6. The number of nitrogens with one attached hydrogen (secondary N) is 2. The van der Waals surface area contributed by atoms with E-state index in [9.17, 15) is 9.90 Å². The fraction of sp³-hybridized carbons (Fsp3) is 0.524. The number of aliphatic hydroxyl groups is 1. The molecule has 1 aliphatic heterocycles. The van der Waals surface area contributed by atoms with Crippen molar-refractivity contribution in [3.63, 3.8) is 0 Å². The average Bonchev–Trinajstić information content (AvgIpc) is 3.22. The van der Waals surface area contributed by atoms with Crippen LogP contribution in [0.4, 0.5) is 0 Å². The Kier molecular flexibility index (Phi) is 4.91. The van der Waals surface area contributed by atoms with Gasteiger partial charge in [0.05, 0.1) is 24.4 Å². The third kappa shape index (κ3) is 3.72. The number of hydrogen-bond acceptors (Lipinski definition) is 4. The third-order valence-corrected chi connectivity index (χ3v) is 5.95. The number of aryl methyl sites for hydroxylation is 2. The molecule has 0 radical (unpaired) electrons. The molecule has 27 heavy (non-hydrogen) atoms. The number of aliphatic hydroxyl groups excluding tert-OH is 1. The molecule has 1 fully saturated rings. The lowest BCUT2D eigenvalue weighted by atomic mass is 9.74. The summed E-state index contributed by atoms with van der Waals surface area (Å²) >= 11 is 0. The molecule has 1 amide bonds.